The van der Waals surface area contributed by atoms with Gasteiger partial charge >= 0.3 is 7.12 Å². The van der Waals surface area contributed by atoms with Gasteiger partial charge in [-0.25, -0.2) is 0 Å². The maximum absolute atomic E-state index is 6.06. The molecule has 0 atom stereocenters. The van der Waals surface area contributed by atoms with Crippen LogP contribution in [0.1, 0.15) is 34.6 Å². The third kappa shape index (κ3) is 3.23. The van der Waals surface area contributed by atoms with Crippen LogP contribution in [0, 0.1) is 0 Å². The van der Waals surface area contributed by atoms with Gasteiger partial charge < -0.3 is 9.31 Å². The highest BCUT2D eigenvalue weighted by Gasteiger charge is 2.51. The molecule has 22 heavy (non-hydrogen) atoms. The molecular formula is C18H24BNO2. The smallest absolute Gasteiger partial charge is 0.399 e. The van der Waals surface area contributed by atoms with Crippen LogP contribution in [-0.4, -0.2) is 23.3 Å². The van der Waals surface area contributed by atoms with E-state index in [1.807, 2.05) is 25.1 Å². The first-order valence-electron chi connectivity index (χ1n) is 7.58. The fourth-order valence-corrected chi connectivity index (χ4v) is 2.22. The number of aromatic nitrogens is 1. The Bertz CT molecular complexity index is 651. The first-order valence-corrected chi connectivity index (χ1v) is 7.58. The molecule has 2 heterocycles. The molecule has 1 aliphatic heterocycles. The van der Waals surface area contributed by atoms with Crippen molar-refractivity contribution in [2.75, 3.05) is 0 Å². The van der Waals surface area contributed by atoms with Crippen LogP contribution in [0.2, 0.25) is 0 Å². The summed E-state index contributed by atoms with van der Waals surface area (Å²) in [4.78, 5) is 4.32. The van der Waals surface area contributed by atoms with E-state index in [2.05, 4.69) is 51.4 Å². The number of nitrogens with zero attached hydrogens (tertiary/aromatic N) is 1. The molecule has 1 aliphatic rings. The molecule has 0 saturated carbocycles. The van der Waals surface area contributed by atoms with Gasteiger partial charge in [-0.3, -0.25) is 4.98 Å². The third-order valence-corrected chi connectivity index (χ3v) is 4.15. The second-order valence-corrected chi connectivity index (χ2v) is 6.45. The molecule has 0 N–H and O–H groups in total. The molecule has 1 aromatic heterocycles. The van der Waals surface area contributed by atoms with Gasteiger partial charge in [0, 0.05) is 6.20 Å². The lowest BCUT2D eigenvalue weighted by molar-refractivity contribution is 0.00578. The lowest BCUT2D eigenvalue weighted by Gasteiger charge is -2.32. The maximum Gasteiger partial charge on any atom is 0.494 e. The van der Waals surface area contributed by atoms with Crippen LogP contribution >= 0.6 is 0 Å². The summed E-state index contributed by atoms with van der Waals surface area (Å²) in [6.45, 7) is 13.5. The van der Waals surface area contributed by atoms with Crippen molar-refractivity contribution in [1.82, 2.24) is 4.98 Å². The lowest BCUT2D eigenvalue weighted by Crippen LogP contribution is -2.41. The maximum atomic E-state index is 6.06. The second-order valence-electron chi connectivity index (χ2n) is 6.45. The highest BCUT2D eigenvalue weighted by Crippen LogP contribution is 2.36. The van der Waals surface area contributed by atoms with Crippen LogP contribution in [-0.2, 0) is 9.31 Å². The van der Waals surface area contributed by atoms with Crippen LogP contribution in [0.15, 0.2) is 49.2 Å². The molecule has 1 aromatic carbocycles. The molecule has 1 saturated heterocycles. The number of rotatable bonds is 1. The molecule has 116 valence electrons. The third-order valence-electron chi connectivity index (χ3n) is 4.15. The van der Waals surface area contributed by atoms with E-state index < -0.39 is 0 Å². The van der Waals surface area contributed by atoms with Gasteiger partial charge in [0.25, 0.3) is 0 Å². The number of allylic oxidation sites excluding steroid dienone is 1. The van der Waals surface area contributed by atoms with Crippen molar-refractivity contribution in [3.05, 3.63) is 49.2 Å². The second kappa shape index (κ2) is 6.23. The molecule has 0 unspecified atom stereocenters. The highest BCUT2D eigenvalue weighted by molar-refractivity contribution is 6.62. The standard InChI is InChI=1S/C15H18BNO2.C3H6/c1-14(2)15(3,4)19-16(18-14)12-7-8-13-11(10-12)6-5-9-17-13;1-3-2/h5-10H,1-4H3;3H,1H2,2H3. The van der Waals surface area contributed by atoms with Gasteiger partial charge in [0.1, 0.15) is 0 Å². The molecule has 4 heteroatoms. The van der Waals surface area contributed by atoms with Crippen LogP contribution in [0.5, 0.6) is 0 Å². The molecule has 0 aliphatic carbocycles. The molecule has 3 rings (SSSR count). The van der Waals surface area contributed by atoms with Crippen LogP contribution in [0.4, 0.5) is 0 Å². The summed E-state index contributed by atoms with van der Waals surface area (Å²) in [7, 11) is -0.311. The molecule has 0 bridgehead atoms. The Hall–Kier alpha value is -1.65. The van der Waals surface area contributed by atoms with Gasteiger partial charge in [-0.1, -0.05) is 24.3 Å². The van der Waals surface area contributed by atoms with Gasteiger partial charge in [-0.2, -0.15) is 0 Å². The monoisotopic (exact) mass is 297 g/mol. The van der Waals surface area contributed by atoms with Crippen LogP contribution in [0.3, 0.4) is 0 Å². The van der Waals surface area contributed by atoms with E-state index in [0.29, 0.717) is 0 Å². The minimum Gasteiger partial charge on any atom is -0.399 e. The Morgan fingerprint density at radius 1 is 1.09 bits per heavy atom. The van der Waals surface area contributed by atoms with Crippen molar-refractivity contribution >= 4 is 23.5 Å². The highest BCUT2D eigenvalue weighted by atomic mass is 16.7. The summed E-state index contributed by atoms with van der Waals surface area (Å²) in [5, 5.41) is 1.11. The van der Waals surface area contributed by atoms with Gasteiger partial charge in [0.2, 0.25) is 0 Å². The number of hydrogen-bond donors (Lipinski definition) is 0. The summed E-state index contributed by atoms with van der Waals surface area (Å²) in [5.74, 6) is 0. The predicted molar refractivity (Wildman–Crippen MR) is 93.3 cm³/mol. The number of fused-ring (bicyclic) bond motifs is 1. The van der Waals surface area contributed by atoms with Gasteiger partial charge in [0.15, 0.2) is 0 Å². The molecule has 3 nitrogen and oxygen atoms in total. The lowest BCUT2D eigenvalue weighted by atomic mass is 9.78. The zero-order chi connectivity index (χ0) is 16.4. The van der Waals surface area contributed by atoms with Crippen molar-refractivity contribution < 1.29 is 9.31 Å². The van der Waals surface area contributed by atoms with Crippen molar-refractivity contribution in [2.45, 2.75) is 45.8 Å². The van der Waals surface area contributed by atoms with Gasteiger partial charge in [-0.15, -0.1) is 6.58 Å². The number of benzene rings is 1. The Morgan fingerprint density at radius 2 is 1.68 bits per heavy atom. The number of hydrogen-bond acceptors (Lipinski definition) is 3. The van der Waals surface area contributed by atoms with Crippen molar-refractivity contribution in [3.8, 4) is 0 Å². The molecular weight excluding hydrogens is 273 g/mol. The van der Waals surface area contributed by atoms with E-state index in [4.69, 9.17) is 9.31 Å². The normalized spacial score (nSPS) is 18.7. The molecule has 0 amide bonds. The first kappa shape index (κ1) is 16.7. The van der Waals surface area contributed by atoms with Crippen molar-refractivity contribution in [2.24, 2.45) is 0 Å². The van der Waals surface area contributed by atoms with Crippen molar-refractivity contribution in [1.29, 1.82) is 0 Å². The van der Waals surface area contributed by atoms with Gasteiger partial charge in [-0.05, 0) is 57.6 Å². The van der Waals surface area contributed by atoms with E-state index in [0.717, 1.165) is 16.4 Å². The van der Waals surface area contributed by atoms with Crippen LogP contribution in [0.25, 0.3) is 10.9 Å². The van der Waals surface area contributed by atoms with E-state index in [1.54, 1.807) is 12.3 Å². The molecule has 0 radical (unpaired) electrons. The van der Waals surface area contributed by atoms with Gasteiger partial charge in [0.05, 0.1) is 16.7 Å². The minimum absolute atomic E-state index is 0.304. The number of pyridine rings is 1. The predicted octanol–water partition coefficient (Wildman–Crippen LogP) is 3.73. The Kier molecular flexibility index (Phi) is 4.73. The molecule has 2 aromatic rings. The average molecular weight is 297 g/mol. The minimum atomic E-state index is -0.311. The molecule has 1 fully saturated rings. The van der Waals surface area contributed by atoms with E-state index in [9.17, 15) is 0 Å². The summed E-state index contributed by atoms with van der Waals surface area (Å²) < 4.78 is 12.1. The SMILES string of the molecule is C=CC.CC1(C)OB(c2ccc3ncccc3c2)OC1(C)C. The topological polar surface area (TPSA) is 31.4 Å². The average Bonchev–Trinajstić information content (AvgIpc) is 2.68. The fourth-order valence-electron chi connectivity index (χ4n) is 2.22. The first-order chi connectivity index (χ1) is 10.3. The largest absolute Gasteiger partial charge is 0.494 e. The van der Waals surface area contributed by atoms with E-state index in [1.165, 1.54) is 0 Å². The quantitative estimate of drug-likeness (QED) is 0.594. The molecule has 0 spiro atoms. The summed E-state index contributed by atoms with van der Waals surface area (Å²) in [6, 6.07) is 10.1. The van der Waals surface area contributed by atoms with E-state index >= 15 is 0 Å². The zero-order valence-corrected chi connectivity index (χ0v) is 14.1. The summed E-state index contributed by atoms with van der Waals surface area (Å²) >= 11 is 0. The van der Waals surface area contributed by atoms with Crippen molar-refractivity contribution in [3.63, 3.8) is 0 Å². The summed E-state index contributed by atoms with van der Waals surface area (Å²) in [6.07, 6.45) is 3.55. The fraction of sp³-hybridized carbons (Fsp3) is 0.389. The summed E-state index contributed by atoms with van der Waals surface area (Å²) in [5.41, 5.74) is 1.42. The van der Waals surface area contributed by atoms with Crippen LogP contribution < -0.4 is 5.46 Å². The zero-order valence-electron chi connectivity index (χ0n) is 14.1. The van der Waals surface area contributed by atoms with E-state index in [-0.39, 0.29) is 18.3 Å². The Labute approximate surface area is 133 Å². The Morgan fingerprint density at radius 3 is 2.27 bits per heavy atom. The Balaban J connectivity index is 0.000000545.